The van der Waals surface area contributed by atoms with E-state index in [2.05, 4.69) is 4.99 Å². The summed E-state index contributed by atoms with van der Waals surface area (Å²) in [4.78, 5) is 44.0. The number of carbonyl (C=O) groups is 3. The summed E-state index contributed by atoms with van der Waals surface area (Å²) in [7, 11) is 0. The molecule has 0 spiro atoms. The maximum atomic E-state index is 13.5. The molecule has 2 aliphatic heterocycles. The predicted molar refractivity (Wildman–Crippen MR) is 119 cm³/mol. The van der Waals surface area contributed by atoms with Gasteiger partial charge >= 0.3 is 5.97 Å². The lowest BCUT2D eigenvalue weighted by Crippen LogP contribution is -2.53. The van der Waals surface area contributed by atoms with Gasteiger partial charge in [0, 0.05) is 18.2 Å². The second kappa shape index (κ2) is 10.9. The molecule has 1 aromatic carbocycles. The Morgan fingerprint density at radius 3 is 2.68 bits per heavy atom. The Morgan fingerprint density at radius 2 is 2.03 bits per heavy atom. The highest BCUT2D eigenvalue weighted by Crippen LogP contribution is 2.29. The molecule has 1 saturated heterocycles. The van der Waals surface area contributed by atoms with E-state index in [1.165, 1.54) is 23.2 Å². The molecule has 3 unspecified atom stereocenters. The Balaban J connectivity index is 2.06. The summed E-state index contributed by atoms with van der Waals surface area (Å²) in [6.07, 6.45) is 1.28. The summed E-state index contributed by atoms with van der Waals surface area (Å²) in [5.41, 5.74) is -0.500. The molecule has 34 heavy (non-hydrogen) atoms. The zero-order valence-corrected chi connectivity index (χ0v) is 19.2. The van der Waals surface area contributed by atoms with E-state index in [4.69, 9.17) is 9.47 Å². The van der Waals surface area contributed by atoms with Crippen molar-refractivity contribution in [2.45, 2.75) is 38.3 Å². The number of esters is 1. The molecule has 0 aromatic heterocycles. The molecule has 3 atom stereocenters. The van der Waals surface area contributed by atoms with E-state index < -0.39 is 48.2 Å². The van der Waals surface area contributed by atoms with Gasteiger partial charge in [-0.05, 0) is 31.5 Å². The van der Waals surface area contributed by atoms with Gasteiger partial charge in [0.1, 0.15) is 29.7 Å². The van der Waals surface area contributed by atoms with Crippen molar-refractivity contribution < 1.29 is 38.5 Å². The maximum Gasteiger partial charge on any atom is 0.307 e. The number of rotatable bonds is 6. The largest absolute Gasteiger partial charge is 0.492 e. The Labute approximate surface area is 196 Å². The van der Waals surface area contributed by atoms with Crippen LogP contribution >= 0.6 is 0 Å². The molecule has 2 heterocycles. The van der Waals surface area contributed by atoms with E-state index >= 15 is 0 Å². The Bertz CT molecular complexity index is 992. The fourth-order valence-corrected chi connectivity index (χ4v) is 4.00. The molecule has 10 heteroatoms. The van der Waals surface area contributed by atoms with E-state index in [0.29, 0.717) is 11.3 Å². The molecule has 1 amide bonds. The number of allylic oxidation sites excluding steroid dienone is 1. The second-order valence-corrected chi connectivity index (χ2v) is 8.50. The molecular weight excluding hydrogens is 447 g/mol. The van der Waals surface area contributed by atoms with Crippen molar-refractivity contribution in [1.29, 1.82) is 0 Å². The number of Topliss-reactive ketones (excluding diaryl/α,β-unsaturated/α-hetero) is 1. The van der Waals surface area contributed by atoms with Crippen LogP contribution in [0.5, 0.6) is 0 Å². The van der Waals surface area contributed by atoms with Gasteiger partial charge < -0.3 is 24.6 Å². The molecule has 9 nitrogen and oxygen atoms in total. The van der Waals surface area contributed by atoms with Crippen molar-refractivity contribution in [3.63, 3.8) is 0 Å². The third kappa shape index (κ3) is 5.87. The average Bonchev–Trinajstić information content (AvgIpc) is 2.94. The SMILES string of the molecule is CCOC(=O)CC1C(=O)CN=CC(Cc2ccc(F)cc2)=C2OCC(O)(CO)CN(C1=O)C2C. The molecule has 1 fully saturated rings. The number of nitrogens with zero attached hydrogens (tertiary/aromatic N) is 2. The molecule has 0 radical (unpaired) electrons. The molecule has 2 N–H and O–H groups in total. The van der Waals surface area contributed by atoms with Crippen LogP contribution in [0.4, 0.5) is 4.39 Å². The standard InChI is InChI=1S/C24H29FN2O7/c1-3-33-21(30)9-19-20(29)11-26-10-17(8-16-4-6-18(25)7-5-16)22-15(2)27(23(19)31)12-24(32,13-28)14-34-22/h4-7,10,15,19,28,32H,3,8-9,11-14H2,1-2H3. The van der Waals surface area contributed by atoms with Crippen LogP contribution in [0.15, 0.2) is 40.6 Å². The number of amides is 1. The molecule has 2 bridgehead atoms. The van der Waals surface area contributed by atoms with E-state index in [-0.39, 0.29) is 38.5 Å². The minimum absolute atomic E-state index is 0.101. The maximum absolute atomic E-state index is 13.5. The predicted octanol–water partition coefficient (Wildman–Crippen LogP) is 0.816. The first-order chi connectivity index (χ1) is 16.2. The van der Waals surface area contributed by atoms with E-state index in [1.54, 1.807) is 26.0 Å². The topological polar surface area (TPSA) is 126 Å². The van der Waals surface area contributed by atoms with Crippen LogP contribution in [0.1, 0.15) is 25.8 Å². The summed E-state index contributed by atoms with van der Waals surface area (Å²) < 4.78 is 24.2. The zero-order chi connectivity index (χ0) is 24.9. The monoisotopic (exact) mass is 476 g/mol. The van der Waals surface area contributed by atoms with Gasteiger partial charge in [-0.15, -0.1) is 0 Å². The summed E-state index contributed by atoms with van der Waals surface area (Å²) in [5.74, 6) is -3.35. The summed E-state index contributed by atoms with van der Waals surface area (Å²) in [6.45, 7) is 1.75. The van der Waals surface area contributed by atoms with Gasteiger partial charge in [-0.1, -0.05) is 12.1 Å². The first-order valence-electron chi connectivity index (χ1n) is 11.1. The molecule has 3 rings (SSSR count). The molecular formula is C24H29FN2O7. The average molecular weight is 477 g/mol. The highest BCUT2D eigenvalue weighted by atomic mass is 19.1. The number of hydrogen-bond acceptors (Lipinski definition) is 8. The van der Waals surface area contributed by atoms with Crippen LogP contribution < -0.4 is 0 Å². The highest BCUT2D eigenvalue weighted by molar-refractivity contribution is 6.05. The molecule has 2 aliphatic rings. The van der Waals surface area contributed by atoms with E-state index in [1.807, 2.05) is 0 Å². The number of aliphatic hydroxyl groups excluding tert-OH is 1. The number of aliphatic hydroxyl groups is 2. The van der Waals surface area contributed by atoms with Crippen LogP contribution in [0.2, 0.25) is 0 Å². The van der Waals surface area contributed by atoms with Crippen molar-refractivity contribution in [1.82, 2.24) is 4.90 Å². The van der Waals surface area contributed by atoms with Crippen molar-refractivity contribution in [3.8, 4) is 0 Å². The number of aliphatic imine (C=N–C) groups is 1. The molecule has 1 aromatic rings. The van der Waals surface area contributed by atoms with Crippen LogP contribution in [0.3, 0.4) is 0 Å². The van der Waals surface area contributed by atoms with Gasteiger partial charge in [0.2, 0.25) is 5.91 Å². The van der Waals surface area contributed by atoms with E-state index in [9.17, 15) is 29.0 Å². The van der Waals surface area contributed by atoms with Crippen LogP contribution in [-0.2, 0) is 30.3 Å². The summed E-state index contributed by atoms with van der Waals surface area (Å²) in [5, 5.41) is 20.6. The van der Waals surface area contributed by atoms with Crippen LogP contribution in [-0.4, -0.2) is 83.5 Å². The number of halogens is 1. The summed E-state index contributed by atoms with van der Waals surface area (Å²) in [6, 6.07) is 5.10. The smallest absolute Gasteiger partial charge is 0.307 e. The van der Waals surface area contributed by atoms with Crippen LogP contribution in [0, 0.1) is 11.7 Å². The van der Waals surface area contributed by atoms with Crippen molar-refractivity contribution in [2.75, 3.05) is 32.9 Å². The fraction of sp³-hybridized carbons (Fsp3) is 0.500. The normalized spacial score (nSPS) is 25.6. The van der Waals surface area contributed by atoms with Gasteiger partial charge in [-0.2, -0.15) is 0 Å². The minimum Gasteiger partial charge on any atom is -0.492 e. The van der Waals surface area contributed by atoms with Gasteiger partial charge in [-0.3, -0.25) is 19.4 Å². The number of fused-ring (bicyclic) bond motifs is 2. The Morgan fingerprint density at radius 1 is 1.32 bits per heavy atom. The van der Waals surface area contributed by atoms with Crippen LogP contribution in [0.25, 0.3) is 0 Å². The first-order valence-corrected chi connectivity index (χ1v) is 11.1. The summed E-state index contributed by atoms with van der Waals surface area (Å²) >= 11 is 0. The first kappa shape index (κ1) is 25.5. The molecule has 184 valence electrons. The zero-order valence-electron chi connectivity index (χ0n) is 19.2. The van der Waals surface area contributed by atoms with Gasteiger partial charge in [0.25, 0.3) is 0 Å². The fourth-order valence-electron chi connectivity index (χ4n) is 4.00. The van der Waals surface area contributed by atoms with Gasteiger partial charge in [-0.25, -0.2) is 4.39 Å². The second-order valence-electron chi connectivity index (χ2n) is 8.50. The highest BCUT2D eigenvalue weighted by Gasteiger charge is 2.44. The number of benzene rings is 1. The molecule has 0 saturated carbocycles. The Hall–Kier alpha value is -3.11. The van der Waals surface area contributed by atoms with Gasteiger partial charge in [0.15, 0.2) is 5.78 Å². The van der Waals surface area contributed by atoms with Gasteiger partial charge in [0.05, 0.1) is 38.8 Å². The third-order valence-electron chi connectivity index (χ3n) is 5.87. The number of ketones is 1. The lowest BCUT2D eigenvalue weighted by molar-refractivity contribution is -0.153. The quantitative estimate of drug-likeness (QED) is 0.460. The van der Waals surface area contributed by atoms with E-state index in [0.717, 1.165) is 5.56 Å². The molecule has 0 aliphatic carbocycles. The lowest BCUT2D eigenvalue weighted by atomic mass is 9.94. The number of carbonyl (C=O) groups excluding carboxylic acids is 3. The van der Waals surface area contributed by atoms with Crippen molar-refractivity contribution >= 4 is 23.9 Å². The third-order valence-corrected chi connectivity index (χ3v) is 5.87. The van der Waals surface area contributed by atoms with Crippen molar-refractivity contribution in [2.24, 2.45) is 10.9 Å². The Kier molecular flexibility index (Phi) is 8.16. The number of ether oxygens (including phenoxy) is 2. The lowest BCUT2D eigenvalue weighted by Gasteiger charge is -2.34. The van der Waals surface area contributed by atoms with Crippen molar-refractivity contribution in [3.05, 3.63) is 47.0 Å². The minimum atomic E-state index is -1.78. The number of hydrogen-bond donors (Lipinski definition) is 2.